The van der Waals surface area contributed by atoms with Gasteiger partial charge in [-0.25, -0.2) is 9.97 Å². The fourth-order valence-corrected chi connectivity index (χ4v) is 5.31. The topological polar surface area (TPSA) is 54.9 Å². The van der Waals surface area contributed by atoms with Crippen LogP contribution in [0.25, 0.3) is 10.2 Å². The van der Waals surface area contributed by atoms with Gasteiger partial charge in [-0.05, 0) is 43.7 Å². The van der Waals surface area contributed by atoms with E-state index in [4.69, 9.17) is 9.97 Å². The van der Waals surface area contributed by atoms with Gasteiger partial charge in [0.25, 0.3) is 0 Å². The van der Waals surface area contributed by atoms with E-state index in [9.17, 15) is 4.79 Å². The lowest BCUT2D eigenvalue weighted by Crippen LogP contribution is -2.24. The van der Waals surface area contributed by atoms with Crippen molar-refractivity contribution in [3.05, 3.63) is 38.7 Å². The number of nitrogens with one attached hydrogen (secondary N) is 1. The molecule has 3 aromatic heterocycles. The molecule has 0 radical (unpaired) electrons. The second-order valence-corrected chi connectivity index (χ2v) is 9.47. The van der Waals surface area contributed by atoms with E-state index < -0.39 is 0 Å². The number of carbonyl (C=O) groups excluding carboxylic acids is 1. The Labute approximate surface area is 159 Å². The summed E-state index contributed by atoms with van der Waals surface area (Å²) in [7, 11) is 0. The molecule has 1 aliphatic rings. The van der Waals surface area contributed by atoms with Crippen molar-refractivity contribution in [1.82, 2.24) is 15.3 Å². The fourth-order valence-electron chi connectivity index (χ4n) is 2.64. The van der Waals surface area contributed by atoms with E-state index in [1.165, 1.54) is 39.9 Å². The van der Waals surface area contributed by atoms with Crippen molar-refractivity contribution in [2.75, 3.05) is 5.75 Å². The first kappa shape index (κ1) is 17.0. The highest BCUT2D eigenvalue weighted by molar-refractivity contribution is 8.00. The summed E-state index contributed by atoms with van der Waals surface area (Å²) in [6.45, 7) is 4.84. The van der Waals surface area contributed by atoms with Crippen LogP contribution in [-0.4, -0.2) is 21.6 Å². The Kier molecular flexibility index (Phi) is 4.80. The molecule has 0 spiro atoms. The number of hydrogen-bond donors (Lipinski definition) is 1. The van der Waals surface area contributed by atoms with Crippen LogP contribution in [0.5, 0.6) is 0 Å². The Balaban J connectivity index is 1.50. The number of rotatable bonds is 6. The number of carbonyl (C=O) groups is 1. The Morgan fingerprint density at radius 3 is 2.92 bits per heavy atom. The Bertz CT molecular complexity index is 913. The van der Waals surface area contributed by atoms with Crippen LogP contribution < -0.4 is 5.32 Å². The largest absolute Gasteiger partial charge is 0.350 e. The summed E-state index contributed by atoms with van der Waals surface area (Å²) in [6.07, 6.45) is 2.36. The number of thiophene rings is 2. The molecule has 1 fully saturated rings. The highest BCUT2D eigenvalue weighted by Crippen LogP contribution is 2.42. The Morgan fingerprint density at radius 2 is 2.20 bits per heavy atom. The van der Waals surface area contributed by atoms with Crippen molar-refractivity contribution in [1.29, 1.82) is 0 Å². The van der Waals surface area contributed by atoms with Gasteiger partial charge in [0.2, 0.25) is 5.91 Å². The van der Waals surface area contributed by atoms with Gasteiger partial charge in [-0.15, -0.1) is 22.7 Å². The Morgan fingerprint density at radius 1 is 1.36 bits per heavy atom. The van der Waals surface area contributed by atoms with Crippen molar-refractivity contribution in [3.63, 3.8) is 0 Å². The van der Waals surface area contributed by atoms with E-state index in [-0.39, 0.29) is 5.91 Å². The van der Waals surface area contributed by atoms with Crippen LogP contribution in [0, 0.1) is 13.8 Å². The molecular weight excluding hydrogens is 370 g/mol. The standard InChI is InChI=1S/C18H19N3OS3/c1-10-11(2)25-18-15(10)17(20-16(21-18)12-5-6-12)24-9-14(22)19-8-13-4-3-7-23-13/h3-4,7,12H,5-6,8-9H2,1-2H3,(H,19,22). The maximum absolute atomic E-state index is 12.2. The van der Waals surface area contributed by atoms with E-state index in [0.29, 0.717) is 18.2 Å². The maximum Gasteiger partial charge on any atom is 0.230 e. The molecule has 7 heteroatoms. The van der Waals surface area contributed by atoms with Crippen LogP contribution in [0.15, 0.2) is 22.5 Å². The van der Waals surface area contributed by atoms with E-state index in [2.05, 4.69) is 19.2 Å². The minimum absolute atomic E-state index is 0.0442. The third-order valence-corrected chi connectivity index (χ3v) is 7.29. The third-order valence-electron chi connectivity index (χ3n) is 4.34. The third kappa shape index (κ3) is 3.73. The monoisotopic (exact) mass is 389 g/mol. The molecule has 1 saturated carbocycles. The molecule has 0 atom stereocenters. The van der Waals surface area contributed by atoms with Gasteiger partial charge in [-0.1, -0.05) is 17.8 Å². The second kappa shape index (κ2) is 7.05. The molecule has 1 aliphatic carbocycles. The quantitative estimate of drug-likeness (QED) is 0.492. The molecule has 25 heavy (non-hydrogen) atoms. The molecule has 0 unspecified atom stereocenters. The van der Waals surface area contributed by atoms with Gasteiger partial charge in [-0.2, -0.15) is 0 Å². The van der Waals surface area contributed by atoms with Gasteiger partial charge in [0.05, 0.1) is 12.3 Å². The first-order valence-electron chi connectivity index (χ1n) is 8.31. The second-order valence-electron chi connectivity index (χ2n) is 6.27. The minimum atomic E-state index is 0.0442. The van der Waals surface area contributed by atoms with Crippen LogP contribution >= 0.6 is 34.4 Å². The zero-order valence-electron chi connectivity index (χ0n) is 14.2. The van der Waals surface area contributed by atoms with Crippen LogP contribution in [0.2, 0.25) is 0 Å². The first-order chi connectivity index (χ1) is 12.1. The molecule has 0 aliphatic heterocycles. The number of thioether (sulfide) groups is 1. The fraction of sp³-hybridized carbons (Fsp3) is 0.389. The SMILES string of the molecule is Cc1sc2nc(C3CC3)nc(SCC(=O)NCc3cccs3)c2c1C. The van der Waals surface area contributed by atoms with E-state index in [0.717, 1.165) is 21.1 Å². The molecule has 3 aromatic rings. The highest BCUT2D eigenvalue weighted by Gasteiger charge is 2.28. The average molecular weight is 390 g/mol. The van der Waals surface area contributed by atoms with Gasteiger partial charge in [0.15, 0.2) is 0 Å². The number of hydrogen-bond acceptors (Lipinski definition) is 6. The predicted octanol–water partition coefficient (Wildman–Crippen LogP) is 4.66. The normalized spacial score (nSPS) is 14.2. The lowest BCUT2D eigenvalue weighted by atomic mass is 10.2. The van der Waals surface area contributed by atoms with E-state index in [1.807, 2.05) is 17.5 Å². The molecule has 4 nitrogen and oxygen atoms in total. The summed E-state index contributed by atoms with van der Waals surface area (Å²) in [5.41, 5.74) is 1.24. The van der Waals surface area contributed by atoms with Crippen LogP contribution in [0.3, 0.4) is 0 Å². The summed E-state index contributed by atoms with van der Waals surface area (Å²) in [5, 5.41) is 7.09. The number of nitrogens with zero attached hydrogens (tertiary/aromatic N) is 2. The van der Waals surface area contributed by atoms with Crippen molar-refractivity contribution < 1.29 is 4.79 Å². The van der Waals surface area contributed by atoms with Crippen LogP contribution in [0.4, 0.5) is 0 Å². The molecule has 0 saturated heterocycles. The average Bonchev–Trinajstić information content (AvgIpc) is 3.25. The van der Waals surface area contributed by atoms with Gasteiger partial charge in [0.1, 0.15) is 15.7 Å². The predicted molar refractivity (Wildman–Crippen MR) is 106 cm³/mol. The number of aromatic nitrogens is 2. The molecule has 0 aromatic carbocycles. The van der Waals surface area contributed by atoms with Gasteiger partial charge < -0.3 is 5.32 Å². The molecule has 130 valence electrons. The lowest BCUT2D eigenvalue weighted by Gasteiger charge is -2.07. The van der Waals surface area contributed by atoms with E-state index >= 15 is 0 Å². The molecule has 3 heterocycles. The first-order valence-corrected chi connectivity index (χ1v) is 11.0. The van der Waals surface area contributed by atoms with Crippen molar-refractivity contribution >= 4 is 50.6 Å². The van der Waals surface area contributed by atoms with Gasteiger partial charge in [0, 0.05) is 21.1 Å². The summed E-state index contributed by atoms with van der Waals surface area (Å²) in [4.78, 5) is 25.3. The Hall–Kier alpha value is -1.44. The van der Waals surface area contributed by atoms with E-state index in [1.54, 1.807) is 22.7 Å². The smallest absolute Gasteiger partial charge is 0.230 e. The molecular formula is C18H19N3OS3. The molecule has 0 bridgehead atoms. The number of aryl methyl sites for hydroxylation is 2. The van der Waals surface area contributed by atoms with Crippen molar-refractivity contribution in [3.8, 4) is 0 Å². The zero-order chi connectivity index (χ0) is 17.4. The van der Waals surface area contributed by atoms with Gasteiger partial charge in [-0.3, -0.25) is 4.79 Å². The summed E-state index contributed by atoms with van der Waals surface area (Å²) < 4.78 is 0. The molecule has 1 amide bonds. The van der Waals surface area contributed by atoms with Gasteiger partial charge >= 0.3 is 0 Å². The lowest BCUT2D eigenvalue weighted by molar-refractivity contribution is -0.118. The van der Waals surface area contributed by atoms with Crippen LogP contribution in [0.1, 0.15) is 39.9 Å². The maximum atomic E-state index is 12.2. The number of amides is 1. The minimum Gasteiger partial charge on any atom is -0.350 e. The summed E-state index contributed by atoms with van der Waals surface area (Å²) in [6, 6.07) is 4.03. The molecule has 4 rings (SSSR count). The molecule has 1 N–H and O–H groups in total. The van der Waals surface area contributed by atoms with Crippen molar-refractivity contribution in [2.24, 2.45) is 0 Å². The van der Waals surface area contributed by atoms with Crippen LogP contribution in [-0.2, 0) is 11.3 Å². The highest BCUT2D eigenvalue weighted by atomic mass is 32.2. The number of fused-ring (bicyclic) bond motifs is 1. The summed E-state index contributed by atoms with van der Waals surface area (Å²) in [5.74, 6) is 1.90. The summed E-state index contributed by atoms with van der Waals surface area (Å²) >= 11 is 4.92. The van der Waals surface area contributed by atoms with Crippen molar-refractivity contribution in [2.45, 2.75) is 44.2 Å². The zero-order valence-corrected chi connectivity index (χ0v) is 16.6.